The molecule has 0 spiro atoms. The van der Waals surface area contributed by atoms with Gasteiger partial charge in [0.2, 0.25) is 0 Å². The maximum absolute atomic E-state index is 11.4. The number of amides is 1. The number of nitrogens with zero attached hydrogens (tertiary/aromatic N) is 1. The molecule has 0 aliphatic carbocycles. The molecule has 5 heteroatoms. The largest absolute Gasteiger partial charge is 0.301 e. The molecule has 0 saturated heterocycles. The molecule has 1 heterocycles. The Bertz CT molecular complexity index is 397. The molecule has 1 atom stereocenters. The third kappa shape index (κ3) is 1.82. The molecule has 0 aliphatic rings. The predicted octanol–water partition coefficient (Wildman–Crippen LogP) is -0.292. The number of nitrogens with one attached hydrogen (secondary N) is 1. The third-order valence-electron chi connectivity index (χ3n) is 2.10. The van der Waals surface area contributed by atoms with Gasteiger partial charge in [0.1, 0.15) is 6.04 Å². The molecule has 0 fully saturated rings. The number of hydrogen-bond acceptors (Lipinski definition) is 3. The van der Waals surface area contributed by atoms with Gasteiger partial charge in [-0.2, -0.15) is 0 Å². The van der Waals surface area contributed by atoms with Crippen LogP contribution in [0, 0.1) is 6.92 Å². The lowest BCUT2D eigenvalue weighted by atomic mass is 10.2. The van der Waals surface area contributed by atoms with Gasteiger partial charge in [0.25, 0.3) is 11.5 Å². The first kappa shape index (κ1) is 10.5. The minimum Gasteiger partial charge on any atom is -0.301 e. The van der Waals surface area contributed by atoms with E-state index >= 15 is 0 Å². The summed E-state index contributed by atoms with van der Waals surface area (Å²) in [7, 11) is 0. The molecule has 0 aromatic carbocycles. The average Bonchev–Trinajstić information content (AvgIpc) is 2.16. The minimum atomic E-state index is -0.589. The number of aromatic nitrogens is 1. The molecule has 1 unspecified atom stereocenters. The molecule has 3 N–H and O–H groups in total. The summed E-state index contributed by atoms with van der Waals surface area (Å²) in [4.78, 5) is 22.7. The standard InChI is InChI=1S/C9H13N3O2/c1-6-4-3-5-8(13)12(6)7(2)9(14)11-10/h3-5,7H,10H2,1-2H3,(H,11,14). The number of aryl methyl sites for hydroxylation is 1. The van der Waals surface area contributed by atoms with E-state index in [9.17, 15) is 9.59 Å². The highest BCUT2D eigenvalue weighted by Gasteiger charge is 2.15. The van der Waals surface area contributed by atoms with Gasteiger partial charge in [0.15, 0.2) is 0 Å². The summed E-state index contributed by atoms with van der Waals surface area (Å²) in [6.45, 7) is 3.39. The van der Waals surface area contributed by atoms with Gasteiger partial charge in [0, 0.05) is 11.8 Å². The summed E-state index contributed by atoms with van der Waals surface area (Å²) in [5.41, 5.74) is 2.54. The lowest BCUT2D eigenvalue weighted by Crippen LogP contribution is -2.39. The summed E-state index contributed by atoms with van der Waals surface area (Å²) < 4.78 is 1.39. The van der Waals surface area contributed by atoms with E-state index in [1.807, 2.05) is 5.43 Å². The fourth-order valence-corrected chi connectivity index (χ4v) is 1.34. The van der Waals surface area contributed by atoms with Crippen LogP contribution < -0.4 is 16.8 Å². The van der Waals surface area contributed by atoms with Gasteiger partial charge in [0.05, 0.1) is 0 Å². The van der Waals surface area contributed by atoms with Gasteiger partial charge in [-0.25, -0.2) is 5.84 Å². The molecular weight excluding hydrogens is 182 g/mol. The van der Waals surface area contributed by atoms with Crippen molar-refractivity contribution in [1.82, 2.24) is 9.99 Å². The molecule has 1 aromatic heterocycles. The van der Waals surface area contributed by atoms with Gasteiger partial charge in [-0.1, -0.05) is 6.07 Å². The van der Waals surface area contributed by atoms with Crippen LogP contribution in [0.25, 0.3) is 0 Å². The predicted molar refractivity (Wildman–Crippen MR) is 52.5 cm³/mol. The lowest BCUT2D eigenvalue weighted by molar-refractivity contribution is -0.124. The normalized spacial score (nSPS) is 12.2. The molecule has 0 saturated carbocycles. The SMILES string of the molecule is Cc1cccc(=O)n1C(C)C(=O)NN. The Kier molecular flexibility index (Phi) is 3.03. The Balaban J connectivity index is 3.19. The van der Waals surface area contributed by atoms with Gasteiger partial charge < -0.3 is 4.57 Å². The number of rotatable bonds is 2. The Morgan fingerprint density at radius 1 is 1.57 bits per heavy atom. The van der Waals surface area contributed by atoms with Crippen LogP contribution >= 0.6 is 0 Å². The highest BCUT2D eigenvalue weighted by molar-refractivity contribution is 5.79. The first-order valence-corrected chi connectivity index (χ1v) is 4.26. The van der Waals surface area contributed by atoms with E-state index in [1.54, 1.807) is 26.0 Å². The summed E-state index contributed by atoms with van der Waals surface area (Å²) in [5, 5.41) is 0. The van der Waals surface area contributed by atoms with Crippen molar-refractivity contribution in [3.63, 3.8) is 0 Å². The van der Waals surface area contributed by atoms with Crippen molar-refractivity contribution in [1.29, 1.82) is 0 Å². The topological polar surface area (TPSA) is 77.1 Å². The van der Waals surface area contributed by atoms with Crippen molar-refractivity contribution in [2.24, 2.45) is 5.84 Å². The zero-order valence-corrected chi connectivity index (χ0v) is 8.15. The Morgan fingerprint density at radius 3 is 2.71 bits per heavy atom. The molecule has 1 amide bonds. The summed E-state index contributed by atoms with van der Waals surface area (Å²) >= 11 is 0. The molecule has 0 radical (unpaired) electrons. The van der Waals surface area contributed by atoms with Crippen LogP contribution in [-0.2, 0) is 4.79 Å². The van der Waals surface area contributed by atoms with Crippen LogP contribution in [0.2, 0.25) is 0 Å². The fraction of sp³-hybridized carbons (Fsp3) is 0.333. The van der Waals surface area contributed by atoms with Crippen molar-refractivity contribution in [2.45, 2.75) is 19.9 Å². The quantitative estimate of drug-likeness (QED) is 0.386. The second-order valence-electron chi connectivity index (χ2n) is 3.06. The van der Waals surface area contributed by atoms with E-state index in [-0.39, 0.29) is 11.5 Å². The first-order valence-electron chi connectivity index (χ1n) is 4.26. The summed E-state index contributed by atoms with van der Waals surface area (Å²) in [6, 6.07) is 4.24. The number of nitrogens with two attached hydrogens (primary N) is 1. The fourth-order valence-electron chi connectivity index (χ4n) is 1.34. The number of pyridine rings is 1. The van der Waals surface area contributed by atoms with Gasteiger partial charge in [-0.3, -0.25) is 15.0 Å². The Morgan fingerprint density at radius 2 is 2.21 bits per heavy atom. The van der Waals surface area contributed by atoms with Crippen molar-refractivity contribution >= 4 is 5.91 Å². The molecule has 0 aliphatic heterocycles. The molecule has 1 aromatic rings. The van der Waals surface area contributed by atoms with Crippen LogP contribution in [0.5, 0.6) is 0 Å². The number of hydrogen-bond donors (Lipinski definition) is 2. The smallest absolute Gasteiger partial charge is 0.256 e. The van der Waals surface area contributed by atoms with Crippen LogP contribution in [0.3, 0.4) is 0 Å². The van der Waals surface area contributed by atoms with Crippen LogP contribution in [0.15, 0.2) is 23.0 Å². The van der Waals surface area contributed by atoms with Crippen LogP contribution in [-0.4, -0.2) is 10.5 Å². The lowest BCUT2D eigenvalue weighted by Gasteiger charge is -2.15. The number of hydrazine groups is 1. The third-order valence-corrected chi connectivity index (χ3v) is 2.10. The van der Waals surface area contributed by atoms with Gasteiger partial charge in [-0.15, -0.1) is 0 Å². The zero-order valence-electron chi connectivity index (χ0n) is 8.15. The second kappa shape index (κ2) is 4.06. The molecule has 0 bridgehead atoms. The van der Waals surface area contributed by atoms with Crippen molar-refractivity contribution in [2.75, 3.05) is 0 Å². The van der Waals surface area contributed by atoms with E-state index in [2.05, 4.69) is 0 Å². The molecule has 5 nitrogen and oxygen atoms in total. The number of carbonyl (C=O) groups excluding carboxylic acids is 1. The van der Waals surface area contributed by atoms with Crippen molar-refractivity contribution in [3.05, 3.63) is 34.2 Å². The van der Waals surface area contributed by atoms with Gasteiger partial charge >= 0.3 is 0 Å². The highest BCUT2D eigenvalue weighted by Crippen LogP contribution is 2.05. The summed E-state index contributed by atoms with van der Waals surface area (Å²) in [6.07, 6.45) is 0. The zero-order chi connectivity index (χ0) is 10.7. The van der Waals surface area contributed by atoms with Crippen LogP contribution in [0.1, 0.15) is 18.7 Å². The molecule has 14 heavy (non-hydrogen) atoms. The number of carbonyl (C=O) groups is 1. The second-order valence-corrected chi connectivity index (χ2v) is 3.06. The van der Waals surface area contributed by atoms with E-state index in [0.29, 0.717) is 0 Å². The maximum atomic E-state index is 11.4. The van der Waals surface area contributed by atoms with Crippen molar-refractivity contribution < 1.29 is 4.79 Å². The van der Waals surface area contributed by atoms with E-state index < -0.39 is 6.04 Å². The van der Waals surface area contributed by atoms with Crippen molar-refractivity contribution in [3.8, 4) is 0 Å². The monoisotopic (exact) mass is 195 g/mol. The van der Waals surface area contributed by atoms with E-state index in [4.69, 9.17) is 5.84 Å². The highest BCUT2D eigenvalue weighted by atomic mass is 16.2. The molecule has 76 valence electrons. The van der Waals surface area contributed by atoms with E-state index in [1.165, 1.54) is 10.6 Å². The Hall–Kier alpha value is -1.62. The first-order chi connectivity index (χ1) is 6.57. The Labute approximate surface area is 81.5 Å². The molecular formula is C9H13N3O2. The minimum absolute atomic E-state index is 0.207. The maximum Gasteiger partial charge on any atom is 0.256 e. The average molecular weight is 195 g/mol. The van der Waals surface area contributed by atoms with Crippen LogP contribution in [0.4, 0.5) is 0 Å². The summed E-state index contributed by atoms with van der Waals surface area (Å²) in [5.74, 6) is 4.61. The molecule has 1 rings (SSSR count). The van der Waals surface area contributed by atoms with Gasteiger partial charge in [-0.05, 0) is 19.9 Å². The van der Waals surface area contributed by atoms with E-state index in [0.717, 1.165) is 5.69 Å².